The molecule has 0 unspecified atom stereocenters. The van der Waals surface area contributed by atoms with E-state index in [0.29, 0.717) is 22.6 Å². The Morgan fingerprint density at radius 3 is 2.50 bits per heavy atom. The predicted molar refractivity (Wildman–Crippen MR) is 92.8 cm³/mol. The molecule has 0 bridgehead atoms. The number of hydrogen-bond donors (Lipinski definition) is 0. The molecule has 1 aliphatic rings. The average molecular weight is 377 g/mol. The van der Waals surface area contributed by atoms with E-state index in [1.54, 1.807) is 4.52 Å². The van der Waals surface area contributed by atoms with E-state index in [2.05, 4.69) is 31.0 Å². The smallest absolute Gasteiger partial charge is 0.253 e. The molecular formula is C18H9BrN4O. The van der Waals surface area contributed by atoms with Crippen LogP contribution in [0.2, 0.25) is 0 Å². The standard InChI is InChI=1S/C18H9BrN4O/c19-11-7-5-10(6-8-11)16-14-15(22-18-20-9-21-23(16)18)12-3-1-2-4-13(12)17(14)24/h1-9H. The van der Waals surface area contributed by atoms with Crippen LogP contribution in [0.15, 0.2) is 59.3 Å². The molecule has 24 heavy (non-hydrogen) atoms. The van der Waals surface area contributed by atoms with Crippen molar-refractivity contribution < 1.29 is 4.79 Å². The van der Waals surface area contributed by atoms with Gasteiger partial charge >= 0.3 is 0 Å². The van der Waals surface area contributed by atoms with Crippen molar-refractivity contribution in [3.63, 3.8) is 0 Å². The first kappa shape index (κ1) is 13.6. The SMILES string of the molecule is O=C1c2ccccc2-c2nc3ncnn3c(-c3ccc(Br)cc3)c21. The Labute approximate surface area is 145 Å². The second-order valence-corrected chi connectivity index (χ2v) is 6.45. The van der Waals surface area contributed by atoms with Gasteiger partial charge < -0.3 is 0 Å². The molecule has 0 aliphatic heterocycles. The first-order chi connectivity index (χ1) is 11.7. The number of fused-ring (bicyclic) bond motifs is 4. The van der Waals surface area contributed by atoms with Crippen molar-refractivity contribution in [1.82, 2.24) is 19.6 Å². The number of benzene rings is 2. The van der Waals surface area contributed by atoms with Crippen molar-refractivity contribution in [2.24, 2.45) is 0 Å². The Bertz CT molecular complexity index is 1130. The van der Waals surface area contributed by atoms with E-state index in [1.165, 1.54) is 6.33 Å². The zero-order chi connectivity index (χ0) is 16.3. The van der Waals surface area contributed by atoms with Gasteiger partial charge in [0, 0.05) is 21.2 Å². The predicted octanol–water partition coefficient (Wildman–Crippen LogP) is 3.77. The molecule has 0 amide bonds. The monoisotopic (exact) mass is 376 g/mol. The number of carbonyl (C=O) groups is 1. The van der Waals surface area contributed by atoms with Crippen LogP contribution in [0.25, 0.3) is 28.3 Å². The fourth-order valence-corrected chi connectivity index (χ4v) is 3.41. The van der Waals surface area contributed by atoms with Gasteiger partial charge in [-0.25, -0.2) is 4.98 Å². The topological polar surface area (TPSA) is 60.2 Å². The van der Waals surface area contributed by atoms with E-state index in [1.807, 2.05) is 48.5 Å². The summed E-state index contributed by atoms with van der Waals surface area (Å²) in [5, 5.41) is 4.27. The van der Waals surface area contributed by atoms with Crippen LogP contribution in [0.4, 0.5) is 0 Å². The summed E-state index contributed by atoms with van der Waals surface area (Å²) in [7, 11) is 0. The Hall–Kier alpha value is -2.86. The minimum absolute atomic E-state index is 0.0246. The van der Waals surface area contributed by atoms with Gasteiger partial charge in [-0.1, -0.05) is 52.3 Å². The maximum absolute atomic E-state index is 13.0. The van der Waals surface area contributed by atoms with Crippen LogP contribution in [-0.2, 0) is 0 Å². The lowest BCUT2D eigenvalue weighted by molar-refractivity contribution is 0.104. The molecule has 0 N–H and O–H groups in total. The van der Waals surface area contributed by atoms with Gasteiger partial charge in [0.25, 0.3) is 5.78 Å². The van der Waals surface area contributed by atoms with E-state index in [0.717, 1.165) is 21.3 Å². The third kappa shape index (κ3) is 1.74. The second kappa shape index (κ2) is 4.82. The highest BCUT2D eigenvalue weighted by atomic mass is 79.9. The Morgan fingerprint density at radius 1 is 0.958 bits per heavy atom. The van der Waals surface area contributed by atoms with Gasteiger partial charge in [-0.15, -0.1) is 0 Å². The zero-order valence-electron chi connectivity index (χ0n) is 12.3. The molecule has 0 atom stereocenters. The molecule has 2 heterocycles. The summed E-state index contributed by atoms with van der Waals surface area (Å²) < 4.78 is 2.60. The van der Waals surface area contributed by atoms with Crippen molar-refractivity contribution >= 4 is 27.5 Å². The van der Waals surface area contributed by atoms with Crippen LogP contribution < -0.4 is 0 Å². The summed E-state index contributed by atoms with van der Waals surface area (Å²) in [5.74, 6) is 0.458. The first-order valence-electron chi connectivity index (χ1n) is 7.38. The van der Waals surface area contributed by atoms with Crippen LogP contribution in [0.1, 0.15) is 15.9 Å². The molecule has 5 nitrogen and oxygen atoms in total. The van der Waals surface area contributed by atoms with Crippen molar-refractivity contribution in [3.8, 4) is 22.5 Å². The van der Waals surface area contributed by atoms with Crippen LogP contribution in [0, 0.1) is 0 Å². The molecular weight excluding hydrogens is 368 g/mol. The molecule has 4 aromatic rings. The molecule has 114 valence electrons. The van der Waals surface area contributed by atoms with Gasteiger partial charge in [-0.3, -0.25) is 4.79 Å². The van der Waals surface area contributed by atoms with E-state index >= 15 is 0 Å². The first-order valence-corrected chi connectivity index (χ1v) is 8.17. The largest absolute Gasteiger partial charge is 0.288 e. The molecule has 0 radical (unpaired) electrons. The number of aromatic nitrogens is 4. The Balaban J connectivity index is 1.93. The van der Waals surface area contributed by atoms with Crippen molar-refractivity contribution in [1.29, 1.82) is 0 Å². The summed E-state index contributed by atoms with van der Waals surface area (Å²) in [4.78, 5) is 21.8. The molecule has 5 rings (SSSR count). The number of halogens is 1. The fourth-order valence-electron chi connectivity index (χ4n) is 3.15. The molecule has 2 aromatic carbocycles. The summed E-state index contributed by atoms with van der Waals surface area (Å²) >= 11 is 3.44. The molecule has 0 saturated carbocycles. The summed E-state index contributed by atoms with van der Waals surface area (Å²) in [6, 6.07) is 15.3. The summed E-state index contributed by atoms with van der Waals surface area (Å²) in [5.41, 5.74) is 4.40. The van der Waals surface area contributed by atoms with E-state index < -0.39 is 0 Å². The molecule has 0 spiro atoms. The molecule has 1 aliphatic carbocycles. The third-order valence-corrected chi connectivity index (χ3v) is 4.73. The van der Waals surface area contributed by atoms with E-state index in [-0.39, 0.29) is 5.78 Å². The van der Waals surface area contributed by atoms with Gasteiger partial charge in [-0.2, -0.15) is 14.6 Å². The summed E-state index contributed by atoms with van der Waals surface area (Å²) in [6.07, 6.45) is 1.45. The van der Waals surface area contributed by atoms with Crippen molar-refractivity contribution in [2.45, 2.75) is 0 Å². The van der Waals surface area contributed by atoms with Crippen LogP contribution in [-0.4, -0.2) is 25.4 Å². The van der Waals surface area contributed by atoms with Crippen LogP contribution in [0.5, 0.6) is 0 Å². The third-order valence-electron chi connectivity index (χ3n) is 4.20. The highest BCUT2D eigenvalue weighted by Crippen LogP contribution is 2.40. The van der Waals surface area contributed by atoms with E-state index in [4.69, 9.17) is 0 Å². The highest BCUT2D eigenvalue weighted by Gasteiger charge is 2.33. The minimum atomic E-state index is -0.0246. The summed E-state index contributed by atoms with van der Waals surface area (Å²) in [6.45, 7) is 0. The number of carbonyl (C=O) groups excluding carboxylic acids is 1. The average Bonchev–Trinajstić information content (AvgIpc) is 3.18. The number of hydrogen-bond acceptors (Lipinski definition) is 4. The van der Waals surface area contributed by atoms with Gasteiger partial charge in [0.05, 0.1) is 17.0 Å². The normalized spacial score (nSPS) is 12.5. The fraction of sp³-hybridized carbons (Fsp3) is 0. The molecule has 0 fully saturated rings. The number of rotatable bonds is 1. The molecule has 6 heteroatoms. The second-order valence-electron chi connectivity index (χ2n) is 5.54. The highest BCUT2D eigenvalue weighted by molar-refractivity contribution is 9.10. The van der Waals surface area contributed by atoms with E-state index in [9.17, 15) is 4.79 Å². The zero-order valence-corrected chi connectivity index (χ0v) is 13.9. The molecule has 2 aromatic heterocycles. The minimum Gasteiger partial charge on any atom is -0.288 e. The lowest BCUT2D eigenvalue weighted by Gasteiger charge is -2.09. The van der Waals surface area contributed by atoms with Gasteiger partial charge in [0.15, 0.2) is 5.78 Å². The van der Waals surface area contributed by atoms with Gasteiger partial charge in [0.1, 0.15) is 6.33 Å². The maximum atomic E-state index is 13.0. The molecule has 0 saturated heterocycles. The lowest BCUT2D eigenvalue weighted by atomic mass is 10.0. The van der Waals surface area contributed by atoms with Crippen molar-refractivity contribution in [3.05, 3.63) is 70.5 Å². The van der Waals surface area contributed by atoms with Crippen LogP contribution in [0.3, 0.4) is 0 Å². The quantitative estimate of drug-likeness (QED) is 0.446. The number of nitrogens with zero attached hydrogens (tertiary/aromatic N) is 4. The van der Waals surface area contributed by atoms with Crippen molar-refractivity contribution in [2.75, 3.05) is 0 Å². The van der Waals surface area contributed by atoms with Crippen LogP contribution >= 0.6 is 15.9 Å². The Morgan fingerprint density at radius 2 is 1.71 bits per heavy atom. The number of ketones is 1. The Kier molecular flexibility index (Phi) is 2.72. The van der Waals surface area contributed by atoms with Gasteiger partial charge in [-0.05, 0) is 12.1 Å². The maximum Gasteiger partial charge on any atom is 0.253 e. The lowest BCUT2D eigenvalue weighted by Crippen LogP contribution is -2.06. The van der Waals surface area contributed by atoms with Gasteiger partial charge in [0.2, 0.25) is 0 Å².